The molecule has 2 bridgehead atoms. The number of nitrogens with zero attached hydrogens (tertiary/aromatic N) is 1. The first-order chi connectivity index (χ1) is 15.5. The summed E-state index contributed by atoms with van der Waals surface area (Å²) in [5.41, 5.74) is 0.935. The second kappa shape index (κ2) is 7.89. The van der Waals surface area contributed by atoms with Crippen LogP contribution < -0.4 is 9.64 Å². The van der Waals surface area contributed by atoms with Crippen molar-refractivity contribution in [1.29, 1.82) is 0 Å². The summed E-state index contributed by atoms with van der Waals surface area (Å²) in [5.74, 6) is -0.701. The van der Waals surface area contributed by atoms with Crippen molar-refractivity contribution in [2.45, 2.75) is 19.3 Å². The van der Waals surface area contributed by atoms with E-state index in [1.165, 1.54) is 24.1 Å². The molecule has 0 N–H and O–H groups in total. The van der Waals surface area contributed by atoms with Crippen LogP contribution in [0.1, 0.15) is 40.0 Å². The normalized spacial score (nSPS) is 25.7. The van der Waals surface area contributed by atoms with Crippen molar-refractivity contribution in [3.63, 3.8) is 0 Å². The van der Waals surface area contributed by atoms with Crippen molar-refractivity contribution < 1.29 is 28.7 Å². The second-order valence-corrected chi connectivity index (χ2v) is 8.68. The molecule has 1 aliphatic heterocycles. The number of carbonyl (C=O) groups excluding carboxylic acids is 4. The number of anilines is 1. The third-order valence-electron chi connectivity index (χ3n) is 6.99. The van der Waals surface area contributed by atoms with Crippen LogP contribution in [0.2, 0.25) is 0 Å². The van der Waals surface area contributed by atoms with E-state index < -0.39 is 12.6 Å². The number of methoxy groups -OCH3 is 1. The second-order valence-electron chi connectivity index (χ2n) is 8.68. The lowest BCUT2D eigenvalue weighted by atomic mass is 9.81. The Bertz CT molecular complexity index is 1100. The summed E-state index contributed by atoms with van der Waals surface area (Å²) in [4.78, 5) is 52.2. The minimum absolute atomic E-state index is 0.161. The molecule has 3 aliphatic rings. The average Bonchev–Trinajstić information content (AvgIpc) is 3.51. The SMILES string of the molecule is COc1cccc(C(=O)COC(=O)c2cccc(N3C(=O)[C@H]4[C@@H]5CC[C@@H](C5)[C@@H]4C3=O)c2)c1. The zero-order valence-electron chi connectivity index (χ0n) is 17.7. The molecule has 7 nitrogen and oxygen atoms in total. The molecule has 1 saturated heterocycles. The van der Waals surface area contributed by atoms with Crippen LogP contribution >= 0.6 is 0 Å². The zero-order valence-corrected chi connectivity index (χ0v) is 17.7. The van der Waals surface area contributed by atoms with Gasteiger partial charge in [-0.1, -0.05) is 18.2 Å². The number of amides is 2. The summed E-state index contributed by atoms with van der Waals surface area (Å²) in [5, 5.41) is 0. The van der Waals surface area contributed by atoms with E-state index in [1.54, 1.807) is 36.4 Å². The van der Waals surface area contributed by atoms with E-state index >= 15 is 0 Å². The standard InChI is InChI=1S/C25H23NO6/c1-31-19-7-3-4-14(12-19)20(27)13-32-25(30)17-5-2-6-18(11-17)26-23(28)21-15-8-9-16(10-15)22(21)24(26)29/h2-7,11-12,15-16,21-22H,8-10,13H2,1H3/t15-,16+,21-,22-/m0/s1. The van der Waals surface area contributed by atoms with Gasteiger partial charge in [-0.15, -0.1) is 0 Å². The van der Waals surface area contributed by atoms with Crippen LogP contribution in [0, 0.1) is 23.7 Å². The molecule has 2 saturated carbocycles. The number of carbonyl (C=O) groups is 4. The minimum Gasteiger partial charge on any atom is -0.497 e. The van der Waals surface area contributed by atoms with Crippen LogP contribution in [-0.4, -0.2) is 37.3 Å². The van der Waals surface area contributed by atoms with Crippen molar-refractivity contribution in [3.05, 3.63) is 59.7 Å². The van der Waals surface area contributed by atoms with E-state index in [1.807, 2.05) is 0 Å². The van der Waals surface area contributed by atoms with Crippen LogP contribution in [0.25, 0.3) is 0 Å². The first-order valence-corrected chi connectivity index (χ1v) is 10.8. The Morgan fingerprint density at radius 3 is 2.28 bits per heavy atom. The van der Waals surface area contributed by atoms with Crippen molar-refractivity contribution in [3.8, 4) is 5.75 Å². The Morgan fingerprint density at radius 1 is 0.938 bits per heavy atom. The highest BCUT2D eigenvalue weighted by Gasteiger charge is 2.61. The summed E-state index contributed by atoms with van der Waals surface area (Å²) in [6, 6.07) is 12.9. The van der Waals surface area contributed by atoms with Gasteiger partial charge in [0.1, 0.15) is 5.75 Å². The van der Waals surface area contributed by atoms with E-state index in [0.717, 1.165) is 19.3 Å². The smallest absolute Gasteiger partial charge is 0.338 e. The number of ketones is 1. The first-order valence-electron chi connectivity index (χ1n) is 10.8. The summed E-state index contributed by atoms with van der Waals surface area (Å²) in [7, 11) is 1.50. The molecule has 2 aromatic carbocycles. The molecular formula is C25H23NO6. The first kappa shape index (κ1) is 20.4. The van der Waals surface area contributed by atoms with Crippen LogP contribution in [0.15, 0.2) is 48.5 Å². The van der Waals surface area contributed by atoms with Gasteiger partial charge < -0.3 is 9.47 Å². The van der Waals surface area contributed by atoms with Gasteiger partial charge in [-0.05, 0) is 61.4 Å². The molecule has 2 amide bonds. The number of imide groups is 1. The van der Waals surface area contributed by atoms with E-state index in [9.17, 15) is 19.2 Å². The summed E-state index contributed by atoms with van der Waals surface area (Å²) in [6.07, 6.45) is 2.98. The molecule has 32 heavy (non-hydrogen) atoms. The maximum atomic E-state index is 13.0. The molecule has 1 heterocycles. The quantitative estimate of drug-likeness (QED) is 0.395. The van der Waals surface area contributed by atoms with Crippen LogP contribution in [0.3, 0.4) is 0 Å². The molecule has 0 spiro atoms. The third kappa shape index (κ3) is 3.28. The van der Waals surface area contributed by atoms with Crippen LogP contribution in [0.4, 0.5) is 5.69 Å². The maximum absolute atomic E-state index is 13.0. The van der Waals surface area contributed by atoms with Gasteiger partial charge in [-0.3, -0.25) is 19.3 Å². The number of Topliss-reactive ketones (excluding diaryl/α,β-unsaturated/α-hetero) is 1. The molecule has 2 aromatic rings. The zero-order chi connectivity index (χ0) is 22.4. The summed E-state index contributed by atoms with van der Waals surface area (Å²) in [6.45, 7) is -0.425. The molecular weight excluding hydrogens is 410 g/mol. The average molecular weight is 433 g/mol. The Balaban J connectivity index is 1.29. The van der Waals surface area contributed by atoms with Gasteiger partial charge in [0, 0.05) is 5.56 Å². The minimum atomic E-state index is -0.692. The van der Waals surface area contributed by atoms with E-state index in [0.29, 0.717) is 28.8 Å². The molecule has 4 atom stereocenters. The fourth-order valence-corrected chi connectivity index (χ4v) is 5.53. The van der Waals surface area contributed by atoms with Gasteiger partial charge in [0.25, 0.3) is 0 Å². The molecule has 164 valence electrons. The van der Waals surface area contributed by atoms with Crippen molar-refractivity contribution >= 4 is 29.3 Å². The molecule has 0 aromatic heterocycles. The fraction of sp³-hybridized carbons (Fsp3) is 0.360. The number of benzene rings is 2. The molecule has 7 heteroatoms. The largest absolute Gasteiger partial charge is 0.497 e. The fourth-order valence-electron chi connectivity index (χ4n) is 5.53. The number of ether oxygens (including phenoxy) is 2. The maximum Gasteiger partial charge on any atom is 0.338 e. The Morgan fingerprint density at radius 2 is 1.59 bits per heavy atom. The van der Waals surface area contributed by atoms with Gasteiger partial charge in [0.05, 0.1) is 30.2 Å². The molecule has 2 aliphatic carbocycles. The van der Waals surface area contributed by atoms with E-state index in [4.69, 9.17) is 9.47 Å². The highest BCUT2D eigenvalue weighted by Crippen LogP contribution is 2.56. The Hall–Kier alpha value is -3.48. The number of hydrogen-bond acceptors (Lipinski definition) is 6. The van der Waals surface area contributed by atoms with E-state index in [-0.39, 0.29) is 35.0 Å². The lowest BCUT2D eigenvalue weighted by Gasteiger charge is -2.19. The highest BCUT2D eigenvalue weighted by molar-refractivity contribution is 6.22. The number of fused-ring (bicyclic) bond motifs is 5. The lowest BCUT2D eigenvalue weighted by Crippen LogP contribution is -2.32. The van der Waals surface area contributed by atoms with Crippen LogP contribution in [-0.2, 0) is 14.3 Å². The monoisotopic (exact) mass is 433 g/mol. The number of hydrogen-bond donors (Lipinski definition) is 0. The van der Waals surface area contributed by atoms with Crippen molar-refractivity contribution in [2.75, 3.05) is 18.6 Å². The molecule has 5 rings (SSSR count). The molecule has 3 fully saturated rings. The van der Waals surface area contributed by atoms with Crippen molar-refractivity contribution in [2.24, 2.45) is 23.7 Å². The van der Waals surface area contributed by atoms with Crippen molar-refractivity contribution in [1.82, 2.24) is 0 Å². The van der Waals surface area contributed by atoms with E-state index in [2.05, 4.69) is 0 Å². The van der Waals surface area contributed by atoms with Gasteiger partial charge >= 0.3 is 5.97 Å². The molecule has 0 unspecified atom stereocenters. The third-order valence-corrected chi connectivity index (χ3v) is 6.99. The highest BCUT2D eigenvalue weighted by atomic mass is 16.5. The van der Waals surface area contributed by atoms with Gasteiger partial charge in [0.2, 0.25) is 11.8 Å². The lowest BCUT2D eigenvalue weighted by molar-refractivity contribution is -0.123. The van der Waals surface area contributed by atoms with Gasteiger partial charge in [0.15, 0.2) is 12.4 Å². The predicted octanol–water partition coefficient (Wildman–Crippen LogP) is 3.27. The van der Waals surface area contributed by atoms with Crippen LogP contribution in [0.5, 0.6) is 5.75 Å². The Kier molecular flexibility index (Phi) is 5.04. The predicted molar refractivity (Wildman–Crippen MR) is 114 cm³/mol. The summed E-state index contributed by atoms with van der Waals surface area (Å²) >= 11 is 0. The number of esters is 1. The topological polar surface area (TPSA) is 90.0 Å². The molecule has 0 radical (unpaired) electrons. The van der Waals surface area contributed by atoms with Gasteiger partial charge in [-0.2, -0.15) is 0 Å². The summed E-state index contributed by atoms with van der Waals surface area (Å²) < 4.78 is 10.3. The number of rotatable bonds is 6. The van der Waals surface area contributed by atoms with Gasteiger partial charge in [-0.25, -0.2) is 4.79 Å². The Labute approximate surface area is 185 Å².